The van der Waals surface area contributed by atoms with Crippen molar-refractivity contribution in [2.75, 3.05) is 11.5 Å². The second kappa shape index (κ2) is 5.69. The average molecular weight is 321 g/mol. The molecule has 1 aliphatic rings. The van der Waals surface area contributed by atoms with E-state index in [1.54, 1.807) is 29.2 Å². The zero-order chi connectivity index (χ0) is 14.9. The van der Waals surface area contributed by atoms with Crippen molar-refractivity contribution >= 4 is 45.1 Å². The molecule has 0 aliphatic carbocycles. The summed E-state index contributed by atoms with van der Waals surface area (Å²) in [7, 11) is 0. The molecule has 0 saturated carbocycles. The minimum Gasteiger partial charge on any atom is -0.480 e. The first-order valence-electron chi connectivity index (χ1n) is 6.72. The van der Waals surface area contributed by atoms with E-state index in [1.165, 1.54) is 0 Å². The summed E-state index contributed by atoms with van der Waals surface area (Å²) in [4.78, 5) is 24.0. The maximum Gasteiger partial charge on any atom is 0.329 e. The number of carboxylic acids is 1. The number of carboxylic acid groups (broad SMARTS) is 1. The molecule has 2 N–H and O–H groups in total. The largest absolute Gasteiger partial charge is 0.480 e. The molecule has 1 saturated heterocycles. The van der Waals surface area contributed by atoms with E-state index in [-0.39, 0.29) is 5.91 Å². The molecular formula is C15H15NO3S2. The normalized spacial score (nSPS) is 17.5. The molecular weight excluding hydrogens is 306 g/mol. The minimum atomic E-state index is -1.12. The molecule has 0 unspecified atom stereocenters. The molecule has 0 spiro atoms. The molecule has 1 aromatic heterocycles. The molecule has 0 atom stereocenters. The van der Waals surface area contributed by atoms with E-state index in [1.807, 2.05) is 23.6 Å². The zero-order valence-corrected chi connectivity index (χ0v) is 12.9. The van der Waals surface area contributed by atoms with E-state index >= 15 is 0 Å². The van der Waals surface area contributed by atoms with Crippen molar-refractivity contribution in [1.29, 1.82) is 0 Å². The van der Waals surface area contributed by atoms with Gasteiger partial charge in [-0.2, -0.15) is 11.8 Å². The molecule has 0 bridgehead atoms. The highest BCUT2D eigenvalue weighted by molar-refractivity contribution is 7.99. The summed E-state index contributed by atoms with van der Waals surface area (Å²) >= 11 is 3.35. The molecule has 1 amide bonds. The lowest BCUT2D eigenvalue weighted by Crippen LogP contribution is -2.56. The maximum atomic E-state index is 12.4. The first kappa shape index (κ1) is 14.4. The SMILES string of the molecule is O=C(NC1(C(=O)O)CCSCC1)c1ccc2sccc2c1. The third-order valence-electron chi connectivity index (χ3n) is 3.82. The smallest absolute Gasteiger partial charge is 0.329 e. The highest BCUT2D eigenvalue weighted by atomic mass is 32.2. The third-order valence-corrected chi connectivity index (χ3v) is 5.71. The lowest BCUT2D eigenvalue weighted by molar-refractivity contribution is -0.144. The van der Waals surface area contributed by atoms with E-state index in [0.29, 0.717) is 18.4 Å². The van der Waals surface area contributed by atoms with Crippen LogP contribution in [-0.2, 0) is 4.79 Å². The second-order valence-corrected chi connectivity index (χ2v) is 7.30. The van der Waals surface area contributed by atoms with Crippen molar-refractivity contribution in [3.63, 3.8) is 0 Å². The van der Waals surface area contributed by atoms with Crippen molar-refractivity contribution in [2.45, 2.75) is 18.4 Å². The quantitative estimate of drug-likeness (QED) is 0.912. The Morgan fingerprint density at radius 3 is 2.67 bits per heavy atom. The van der Waals surface area contributed by atoms with E-state index in [0.717, 1.165) is 21.6 Å². The van der Waals surface area contributed by atoms with Crippen LogP contribution in [0.5, 0.6) is 0 Å². The Labute approximate surface area is 130 Å². The molecule has 1 aliphatic heterocycles. The van der Waals surface area contributed by atoms with Gasteiger partial charge < -0.3 is 10.4 Å². The summed E-state index contributed by atoms with van der Waals surface area (Å²) in [5.74, 6) is 0.275. The van der Waals surface area contributed by atoms with Gasteiger partial charge in [0.15, 0.2) is 0 Å². The van der Waals surface area contributed by atoms with E-state index < -0.39 is 11.5 Å². The Kier molecular flexibility index (Phi) is 3.91. The third kappa shape index (κ3) is 2.78. The van der Waals surface area contributed by atoms with Crippen molar-refractivity contribution in [3.8, 4) is 0 Å². The van der Waals surface area contributed by atoms with Gasteiger partial charge in [-0.15, -0.1) is 11.3 Å². The fraction of sp³-hybridized carbons (Fsp3) is 0.333. The van der Waals surface area contributed by atoms with Crippen LogP contribution >= 0.6 is 23.1 Å². The van der Waals surface area contributed by atoms with Gasteiger partial charge in [-0.25, -0.2) is 4.79 Å². The number of hydrogen-bond donors (Lipinski definition) is 2. The van der Waals surface area contributed by atoms with Gasteiger partial charge in [-0.05, 0) is 59.4 Å². The summed E-state index contributed by atoms with van der Waals surface area (Å²) in [6, 6.07) is 7.43. The lowest BCUT2D eigenvalue weighted by Gasteiger charge is -2.33. The van der Waals surface area contributed by atoms with Crippen LogP contribution in [-0.4, -0.2) is 34.0 Å². The number of fused-ring (bicyclic) bond motifs is 1. The molecule has 4 nitrogen and oxygen atoms in total. The van der Waals surface area contributed by atoms with Gasteiger partial charge in [-0.3, -0.25) is 4.79 Å². The number of nitrogens with one attached hydrogen (secondary N) is 1. The predicted molar refractivity (Wildman–Crippen MR) is 86.2 cm³/mol. The Hall–Kier alpha value is -1.53. The van der Waals surface area contributed by atoms with Crippen LogP contribution in [0.25, 0.3) is 10.1 Å². The Balaban J connectivity index is 1.85. The summed E-state index contributed by atoms with van der Waals surface area (Å²) in [6.07, 6.45) is 0.943. The molecule has 3 rings (SSSR count). The van der Waals surface area contributed by atoms with Crippen LogP contribution in [0.1, 0.15) is 23.2 Å². The van der Waals surface area contributed by atoms with Crippen LogP contribution in [0.15, 0.2) is 29.6 Å². The van der Waals surface area contributed by atoms with Crippen LogP contribution < -0.4 is 5.32 Å². The number of thioether (sulfide) groups is 1. The van der Waals surface area contributed by atoms with Gasteiger partial charge in [0.2, 0.25) is 0 Å². The predicted octanol–water partition coefficient (Wildman–Crippen LogP) is 2.98. The van der Waals surface area contributed by atoms with Crippen molar-refractivity contribution in [2.24, 2.45) is 0 Å². The standard InChI is InChI=1S/C15H15NO3S2/c17-13(11-1-2-12-10(9-11)3-6-21-12)16-15(14(18)19)4-7-20-8-5-15/h1-3,6,9H,4-5,7-8H2,(H,16,17)(H,18,19). The number of carbonyl (C=O) groups is 2. The van der Waals surface area contributed by atoms with E-state index in [2.05, 4.69) is 5.32 Å². The molecule has 2 heterocycles. The first-order chi connectivity index (χ1) is 10.1. The maximum absolute atomic E-state index is 12.4. The van der Waals surface area contributed by atoms with Crippen LogP contribution in [0.2, 0.25) is 0 Å². The average Bonchev–Trinajstić information content (AvgIpc) is 2.95. The van der Waals surface area contributed by atoms with Crippen molar-refractivity contribution in [1.82, 2.24) is 5.32 Å². The highest BCUT2D eigenvalue weighted by Gasteiger charge is 2.41. The van der Waals surface area contributed by atoms with Gasteiger partial charge in [0.25, 0.3) is 5.91 Å². The number of aliphatic carboxylic acids is 1. The summed E-state index contributed by atoms with van der Waals surface area (Å²) in [6.45, 7) is 0. The summed E-state index contributed by atoms with van der Waals surface area (Å²) in [5.41, 5.74) is -0.605. The number of thiophene rings is 1. The molecule has 1 aromatic carbocycles. The number of carbonyl (C=O) groups excluding carboxylic acids is 1. The molecule has 6 heteroatoms. The first-order valence-corrected chi connectivity index (χ1v) is 8.75. The molecule has 110 valence electrons. The van der Waals surface area contributed by atoms with Gasteiger partial charge >= 0.3 is 5.97 Å². The Bertz CT molecular complexity index is 689. The van der Waals surface area contributed by atoms with Gasteiger partial charge in [0.1, 0.15) is 5.54 Å². The van der Waals surface area contributed by atoms with Gasteiger partial charge in [0, 0.05) is 10.3 Å². The minimum absolute atomic E-state index is 0.308. The molecule has 0 radical (unpaired) electrons. The van der Waals surface area contributed by atoms with Gasteiger partial charge in [-0.1, -0.05) is 0 Å². The van der Waals surface area contributed by atoms with Crippen molar-refractivity contribution in [3.05, 3.63) is 35.2 Å². The monoisotopic (exact) mass is 321 g/mol. The van der Waals surface area contributed by atoms with Crippen LogP contribution in [0.4, 0.5) is 0 Å². The van der Waals surface area contributed by atoms with E-state index in [9.17, 15) is 14.7 Å². The number of hydrogen-bond acceptors (Lipinski definition) is 4. The molecule has 21 heavy (non-hydrogen) atoms. The second-order valence-electron chi connectivity index (χ2n) is 5.13. The summed E-state index contributed by atoms with van der Waals surface area (Å²) in [5, 5.41) is 15.2. The van der Waals surface area contributed by atoms with Crippen molar-refractivity contribution < 1.29 is 14.7 Å². The molecule has 1 fully saturated rings. The van der Waals surface area contributed by atoms with Crippen LogP contribution in [0.3, 0.4) is 0 Å². The Morgan fingerprint density at radius 1 is 1.19 bits per heavy atom. The van der Waals surface area contributed by atoms with E-state index in [4.69, 9.17) is 0 Å². The highest BCUT2D eigenvalue weighted by Crippen LogP contribution is 2.28. The number of benzene rings is 1. The fourth-order valence-electron chi connectivity index (χ4n) is 2.51. The summed E-state index contributed by atoms with van der Waals surface area (Å²) < 4.78 is 1.12. The zero-order valence-electron chi connectivity index (χ0n) is 11.3. The topological polar surface area (TPSA) is 66.4 Å². The number of amides is 1. The van der Waals surface area contributed by atoms with Crippen LogP contribution in [0, 0.1) is 0 Å². The van der Waals surface area contributed by atoms with Gasteiger partial charge in [0.05, 0.1) is 0 Å². The lowest BCUT2D eigenvalue weighted by atomic mass is 9.92. The number of rotatable bonds is 3. The Morgan fingerprint density at radius 2 is 1.95 bits per heavy atom. The molecule has 2 aromatic rings. The fourth-order valence-corrected chi connectivity index (χ4v) is 4.47.